The van der Waals surface area contributed by atoms with Gasteiger partial charge in [0.2, 0.25) is 0 Å². The number of oxazole rings is 1. The number of carboxylic acid groups (broad SMARTS) is 1. The molecule has 1 aromatic rings. The fourth-order valence-electron chi connectivity index (χ4n) is 1.39. The van der Waals surface area contributed by atoms with Crippen LogP contribution in [0.25, 0.3) is 0 Å². The highest BCUT2D eigenvalue weighted by molar-refractivity contribution is 5.69. The average molecular weight is 181 g/mol. The van der Waals surface area contributed by atoms with Crippen molar-refractivity contribution in [2.75, 3.05) is 0 Å². The smallest absolute Gasteiger partial charge is 0.311 e. The number of rotatable bonds is 3. The summed E-state index contributed by atoms with van der Waals surface area (Å²) in [6.07, 6.45) is 2.54. The standard InChI is InChI=1S/C9H11NO3/c1-5-2-7(5)9-10-4-6(13-9)3-8(11)12/h4-5,7H,2-3H2,1H3,(H,11,12). The lowest BCUT2D eigenvalue weighted by atomic mass is 10.3. The summed E-state index contributed by atoms with van der Waals surface area (Å²) in [6.45, 7) is 2.13. The minimum Gasteiger partial charge on any atom is -0.481 e. The average Bonchev–Trinajstić information content (AvgIpc) is 2.60. The van der Waals surface area contributed by atoms with Crippen molar-refractivity contribution in [1.29, 1.82) is 0 Å². The van der Waals surface area contributed by atoms with Crippen LogP contribution in [0.5, 0.6) is 0 Å². The Hall–Kier alpha value is -1.32. The van der Waals surface area contributed by atoms with E-state index in [4.69, 9.17) is 9.52 Å². The van der Waals surface area contributed by atoms with Crippen LogP contribution in [0, 0.1) is 5.92 Å². The van der Waals surface area contributed by atoms with Crippen LogP contribution >= 0.6 is 0 Å². The van der Waals surface area contributed by atoms with Gasteiger partial charge in [0.25, 0.3) is 0 Å². The Morgan fingerprint density at radius 2 is 2.54 bits per heavy atom. The third kappa shape index (κ3) is 1.71. The van der Waals surface area contributed by atoms with Crippen molar-refractivity contribution in [2.24, 2.45) is 5.92 Å². The highest BCUT2D eigenvalue weighted by Gasteiger charge is 2.38. The van der Waals surface area contributed by atoms with Crippen LogP contribution in [0.1, 0.15) is 30.9 Å². The first-order valence-corrected chi connectivity index (χ1v) is 4.33. The van der Waals surface area contributed by atoms with E-state index in [1.54, 1.807) is 0 Å². The Labute approximate surface area is 75.6 Å². The number of aliphatic carboxylic acids is 1. The van der Waals surface area contributed by atoms with Gasteiger partial charge in [0.15, 0.2) is 5.89 Å². The zero-order valence-corrected chi connectivity index (χ0v) is 7.36. The lowest BCUT2D eigenvalue weighted by Crippen LogP contribution is -1.97. The van der Waals surface area contributed by atoms with Crippen LogP contribution in [0.3, 0.4) is 0 Å². The Bertz CT molecular complexity index is 331. The zero-order chi connectivity index (χ0) is 9.42. The summed E-state index contributed by atoms with van der Waals surface area (Å²) in [6, 6.07) is 0. The number of nitrogens with zero attached hydrogens (tertiary/aromatic N) is 1. The van der Waals surface area contributed by atoms with Crippen molar-refractivity contribution in [3.63, 3.8) is 0 Å². The summed E-state index contributed by atoms with van der Waals surface area (Å²) in [7, 11) is 0. The summed E-state index contributed by atoms with van der Waals surface area (Å²) in [5.41, 5.74) is 0. The summed E-state index contributed by atoms with van der Waals surface area (Å²) in [5, 5.41) is 8.49. The van der Waals surface area contributed by atoms with Gasteiger partial charge in [-0.15, -0.1) is 0 Å². The maximum absolute atomic E-state index is 10.3. The van der Waals surface area contributed by atoms with Gasteiger partial charge in [-0.1, -0.05) is 6.92 Å². The van der Waals surface area contributed by atoms with Crippen LogP contribution < -0.4 is 0 Å². The van der Waals surface area contributed by atoms with Crippen LogP contribution in [0.4, 0.5) is 0 Å². The van der Waals surface area contributed by atoms with Crippen molar-refractivity contribution in [3.05, 3.63) is 17.8 Å². The third-order valence-electron chi connectivity index (χ3n) is 2.32. The van der Waals surface area contributed by atoms with Crippen molar-refractivity contribution < 1.29 is 14.3 Å². The predicted octanol–water partition coefficient (Wildman–Crippen LogP) is 1.43. The van der Waals surface area contributed by atoms with Gasteiger partial charge in [-0.05, 0) is 12.3 Å². The Morgan fingerprint density at radius 3 is 3.08 bits per heavy atom. The molecule has 13 heavy (non-hydrogen) atoms. The van der Waals surface area contributed by atoms with E-state index < -0.39 is 5.97 Å². The molecule has 1 heterocycles. The fraction of sp³-hybridized carbons (Fsp3) is 0.556. The summed E-state index contributed by atoms with van der Waals surface area (Å²) >= 11 is 0. The van der Waals surface area contributed by atoms with E-state index in [2.05, 4.69) is 11.9 Å². The monoisotopic (exact) mass is 181 g/mol. The van der Waals surface area contributed by atoms with Crippen molar-refractivity contribution in [1.82, 2.24) is 4.98 Å². The molecule has 1 fully saturated rings. The maximum Gasteiger partial charge on any atom is 0.311 e. The number of carboxylic acids is 1. The molecule has 4 heteroatoms. The SMILES string of the molecule is CC1CC1c1ncc(CC(=O)O)o1. The topological polar surface area (TPSA) is 63.3 Å². The summed E-state index contributed by atoms with van der Waals surface area (Å²) in [4.78, 5) is 14.4. The van der Waals surface area contributed by atoms with E-state index in [-0.39, 0.29) is 6.42 Å². The van der Waals surface area contributed by atoms with Gasteiger partial charge in [-0.3, -0.25) is 4.79 Å². The van der Waals surface area contributed by atoms with Crippen LogP contribution in [-0.2, 0) is 11.2 Å². The van der Waals surface area contributed by atoms with Gasteiger partial charge in [-0.2, -0.15) is 0 Å². The number of aromatic nitrogens is 1. The second kappa shape index (κ2) is 2.87. The van der Waals surface area contributed by atoms with Crippen LogP contribution in [0.2, 0.25) is 0 Å². The number of carbonyl (C=O) groups is 1. The third-order valence-corrected chi connectivity index (χ3v) is 2.32. The van der Waals surface area contributed by atoms with Crippen molar-refractivity contribution >= 4 is 5.97 Å². The van der Waals surface area contributed by atoms with E-state index in [0.717, 1.165) is 6.42 Å². The lowest BCUT2D eigenvalue weighted by Gasteiger charge is -1.89. The molecule has 0 radical (unpaired) electrons. The van der Waals surface area contributed by atoms with E-state index in [0.29, 0.717) is 23.5 Å². The molecule has 1 aliphatic carbocycles. The quantitative estimate of drug-likeness (QED) is 0.766. The zero-order valence-electron chi connectivity index (χ0n) is 7.36. The highest BCUT2D eigenvalue weighted by Crippen LogP contribution is 2.46. The summed E-state index contributed by atoms with van der Waals surface area (Å²) in [5.74, 6) is 1.32. The Morgan fingerprint density at radius 1 is 1.85 bits per heavy atom. The largest absolute Gasteiger partial charge is 0.481 e. The molecule has 0 bridgehead atoms. The fourth-order valence-corrected chi connectivity index (χ4v) is 1.39. The molecular weight excluding hydrogens is 170 g/mol. The van der Waals surface area contributed by atoms with E-state index in [9.17, 15) is 4.79 Å². The molecule has 0 saturated heterocycles. The van der Waals surface area contributed by atoms with E-state index >= 15 is 0 Å². The molecule has 0 aliphatic heterocycles. The normalized spacial score (nSPS) is 25.9. The molecular formula is C9H11NO3. The molecule has 2 unspecified atom stereocenters. The number of hydrogen-bond acceptors (Lipinski definition) is 3. The molecule has 4 nitrogen and oxygen atoms in total. The first kappa shape index (κ1) is 8.29. The molecule has 2 rings (SSSR count). The highest BCUT2D eigenvalue weighted by atomic mass is 16.4. The maximum atomic E-state index is 10.3. The van der Waals surface area contributed by atoms with E-state index in [1.807, 2.05) is 0 Å². The molecule has 70 valence electrons. The van der Waals surface area contributed by atoms with Gasteiger partial charge >= 0.3 is 5.97 Å². The molecule has 2 atom stereocenters. The first-order chi connectivity index (χ1) is 6.16. The molecule has 0 amide bonds. The Balaban J connectivity index is 2.05. The first-order valence-electron chi connectivity index (χ1n) is 4.33. The van der Waals surface area contributed by atoms with Gasteiger partial charge in [-0.25, -0.2) is 4.98 Å². The second-order valence-electron chi connectivity index (χ2n) is 3.55. The minimum atomic E-state index is -0.883. The lowest BCUT2D eigenvalue weighted by molar-refractivity contribution is -0.136. The summed E-state index contributed by atoms with van der Waals surface area (Å²) < 4.78 is 5.30. The predicted molar refractivity (Wildman–Crippen MR) is 44.4 cm³/mol. The number of hydrogen-bond donors (Lipinski definition) is 1. The van der Waals surface area contributed by atoms with Gasteiger partial charge in [0.05, 0.1) is 6.20 Å². The van der Waals surface area contributed by atoms with E-state index in [1.165, 1.54) is 6.20 Å². The molecule has 0 spiro atoms. The molecule has 1 saturated carbocycles. The van der Waals surface area contributed by atoms with Crippen molar-refractivity contribution in [3.8, 4) is 0 Å². The van der Waals surface area contributed by atoms with Crippen LogP contribution in [0.15, 0.2) is 10.6 Å². The van der Waals surface area contributed by atoms with Crippen molar-refractivity contribution in [2.45, 2.75) is 25.7 Å². The molecule has 0 aromatic carbocycles. The van der Waals surface area contributed by atoms with Crippen LogP contribution in [-0.4, -0.2) is 16.1 Å². The molecule has 1 N–H and O–H groups in total. The van der Waals surface area contributed by atoms with Gasteiger partial charge in [0.1, 0.15) is 12.2 Å². The van der Waals surface area contributed by atoms with Gasteiger partial charge in [0, 0.05) is 5.92 Å². The second-order valence-corrected chi connectivity index (χ2v) is 3.55. The van der Waals surface area contributed by atoms with Gasteiger partial charge < -0.3 is 9.52 Å². The molecule has 1 aromatic heterocycles. The molecule has 1 aliphatic rings. The Kier molecular flexibility index (Phi) is 1.83. The minimum absolute atomic E-state index is 0.0753.